The van der Waals surface area contributed by atoms with Crippen LogP contribution < -0.4 is 10.6 Å². The quantitative estimate of drug-likeness (QED) is 0.898. The molecule has 20 heavy (non-hydrogen) atoms. The van der Waals surface area contributed by atoms with Gasteiger partial charge in [-0.05, 0) is 28.8 Å². The Balaban J connectivity index is 1.53. The molecule has 1 aromatic heterocycles. The maximum atomic E-state index is 11.9. The molecule has 2 aromatic rings. The van der Waals surface area contributed by atoms with E-state index in [9.17, 15) is 4.79 Å². The number of hydrogen-bond acceptors (Lipinski definition) is 4. The van der Waals surface area contributed by atoms with E-state index in [1.54, 1.807) is 11.3 Å². The van der Waals surface area contributed by atoms with Gasteiger partial charge in [-0.1, -0.05) is 18.2 Å². The molecule has 4 nitrogen and oxygen atoms in total. The second-order valence-electron chi connectivity index (χ2n) is 4.88. The van der Waals surface area contributed by atoms with Crippen LogP contribution in [0.15, 0.2) is 29.6 Å². The number of nitrogens with one attached hydrogen (secondary N) is 2. The highest BCUT2D eigenvalue weighted by atomic mass is 32.1. The molecule has 1 saturated heterocycles. The average molecular weight is 290 g/mol. The summed E-state index contributed by atoms with van der Waals surface area (Å²) >= 11 is 1.76. The first-order chi connectivity index (χ1) is 9.84. The second-order valence-corrected chi connectivity index (χ2v) is 5.79. The minimum Gasteiger partial charge on any atom is -0.378 e. The van der Waals surface area contributed by atoms with E-state index in [1.165, 1.54) is 15.6 Å². The first-order valence-corrected chi connectivity index (χ1v) is 7.76. The van der Waals surface area contributed by atoms with Crippen LogP contribution >= 0.6 is 11.3 Å². The molecule has 5 heteroatoms. The van der Waals surface area contributed by atoms with Crippen molar-refractivity contribution in [1.29, 1.82) is 0 Å². The van der Waals surface area contributed by atoms with Gasteiger partial charge in [-0.2, -0.15) is 0 Å². The summed E-state index contributed by atoms with van der Waals surface area (Å²) in [4.78, 5) is 11.9. The van der Waals surface area contributed by atoms with Gasteiger partial charge < -0.3 is 15.4 Å². The van der Waals surface area contributed by atoms with Gasteiger partial charge in [0.15, 0.2) is 0 Å². The van der Waals surface area contributed by atoms with E-state index >= 15 is 0 Å². The number of carbonyl (C=O) groups is 1. The number of ether oxygens (including phenoxy) is 1. The molecule has 3 rings (SSSR count). The highest BCUT2D eigenvalue weighted by molar-refractivity contribution is 7.17. The fourth-order valence-corrected chi connectivity index (χ4v) is 3.40. The minimum atomic E-state index is -0.206. The Morgan fingerprint density at radius 2 is 2.35 bits per heavy atom. The molecule has 0 aliphatic carbocycles. The van der Waals surface area contributed by atoms with E-state index in [0.717, 1.165) is 13.0 Å². The summed E-state index contributed by atoms with van der Waals surface area (Å²) in [6, 6.07) is 8.17. The number of benzene rings is 1. The first kappa shape index (κ1) is 13.5. The van der Waals surface area contributed by atoms with Crippen molar-refractivity contribution in [2.24, 2.45) is 0 Å². The molecule has 0 radical (unpaired) electrons. The number of rotatable bonds is 4. The maximum Gasteiger partial charge on any atom is 0.239 e. The molecule has 1 unspecified atom stereocenters. The summed E-state index contributed by atoms with van der Waals surface area (Å²) in [6.45, 7) is 2.56. The molecular formula is C15H18N2O2S. The third kappa shape index (κ3) is 3.00. The number of thiophene rings is 1. The van der Waals surface area contributed by atoms with Gasteiger partial charge in [-0.15, -0.1) is 11.3 Å². The fourth-order valence-electron chi connectivity index (χ4n) is 2.40. The Morgan fingerprint density at radius 3 is 3.20 bits per heavy atom. The van der Waals surface area contributed by atoms with Crippen LogP contribution in [0.25, 0.3) is 10.1 Å². The Hall–Kier alpha value is -1.43. The molecule has 1 aromatic carbocycles. The van der Waals surface area contributed by atoms with Crippen LogP contribution in [0.4, 0.5) is 0 Å². The van der Waals surface area contributed by atoms with E-state index in [1.807, 2.05) is 0 Å². The van der Waals surface area contributed by atoms with Gasteiger partial charge in [0.05, 0.1) is 13.2 Å². The van der Waals surface area contributed by atoms with Crippen molar-refractivity contribution < 1.29 is 9.53 Å². The number of morpholine rings is 1. The molecule has 0 spiro atoms. The standard InChI is InChI=1S/C15H18N2O2S/c18-15(13-9-19-8-7-16-13)17-6-5-11-10-20-14-4-2-1-3-12(11)14/h1-4,10,13,16H,5-9H2,(H,17,18). The predicted octanol–water partition coefficient (Wildman–Crippen LogP) is 1.55. The normalized spacial score (nSPS) is 19.1. The third-order valence-corrected chi connectivity index (χ3v) is 4.51. The van der Waals surface area contributed by atoms with Crippen LogP contribution in [-0.4, -0.2) is 38.3 Å². The number of carbonyl (C=O) groups excluding carboxylic acids is 1. The highest BCUT2D eigenvalue weighted by Gasteiger charge is 2.20. The van der Waals surface area contributed by atoms with Gasteiger partial charge in [0.1, 0.15) is 6.04 Å². The summed E-state index contributed by atoms with van der Waals surface area (Å²) in [5.74, 6) is 0.0317. The van der Waals surface area contributed by atoms with Crippen molar-refractivity contribution in [1.82, 2.24) is 10.6 Å². The molecule has 2 heterocycles. The zero-order valence-corrected chi connectivity index (χ0v) is 12.0. The number of amides is 1. The van der Waals surface area contributed by atoms with E-state index in [2.05, 4.69) is 40.3 Å². The molecule has 106 valence electrons. The summed E-state index contributed by atoms with van der Waals surface area (Å²) in [6.07, 6.45) is 0.864. The summed E-state index contributed by atoms with van der Waals surface area (Å²) in [5.41, 5.74) is 1.30. The largest absolute Gasteiger partial charge is 0.378 e. The zero-order chi connectivity index (χ0) is 13.8. The highest BCUT2D eigenvalue weighted by Crippen LogP contribution is 2.25. The van der Waals surface area contributed by atoms with Crippen molar-refractivity contribution in [3.63, 3.8) is 0 Å². The summed E-state index contributed by atoms with van der Waals surface area (Å²) in [7, 11) is 0. The minimum absolute atomic E-state index is 0.0317. The van der Waals surface area contributed by atoms with Crippen LogP contribution in [0.5, 0.6) is 0 Å². The van der Waals surface area contributed by atoms with E-state index in [4.69, 9.17) is 4.74 Å². The Morgan fingerprint density at radius 1 is 1.45 bits per heavy atom. The molecule has 1 aliphatic rings. The predicted molar refractivity (Wildman–Crippen MR) is 81.1 cm³/mol. The van der Waals surface area contributed by atoms with Gasteiger partial charge >= 0.3 is 0 Å². The molecule has 0 bridgehead atoms. The lowest BCUT2D eigenvalue weighted by Gasteiger charge is -2.22. The Kier molecular flexibility index (Phi) is 4.30. The van der Waals surface area contributed by atoms with Crippen LogP contribution in [0.1, 0.15) is 5.56 Å². The molecule has 2 N–H and O–H groups in total. The lowest BCUT2D eigenvalue weighted by Crippen LogP contribution is -2.51. The molecule has 1 fully saturated rings. The maximum absolute atomic E-state index is 11.9. The van der Waals surface area contributed by atoms with Crippen LogP contribution in [0.2, 0.25) is 0 Å². The van der Waals surface area contributed by atoms with Gasteiger partial charge in [0, 0.05) is 17.8 Å². The third-order valence-electron chi connectivity index (χ3n) is 3.49. The van der Waals surface area contributed by atoms with Crippen molar-refractivity contribution in [3.8, 4) is 0 Å². The van der Waals surface area contributed by atoms with Crippen LogP contribution in [-0.2, 0) is 16.0 Å². The Labute approximate surface area is 122 Å². The number of hydrogen-bond donors (Lipinski definition) is 2. The van der Waals surface area contributed by atoms with Crippen molar-refractivity contribution in [2.75, 3.05) is 26.3 Å². The molecule has 1 atom stereocenters. The Bertz CT molecular complexity index is 590. The first-order valence-electron chi connectivity index (χ1n) is 6.88. The summed E-state index contributed by atoms with van der Waals surface area (Å²) in [5, 5.41) is 9.61. The number of fused-ring (bicyclic) bond motifs is 1. The second kappa shape index (κ2) is 6.35. The average Bonchev–Trinajstić information content (AvgIpc) is 2.92. The smallest absolute Gasteiger partial charge is 0.239 e. The lowest BCUT2D eigenvalue weighted by atomic mass is 10.1. The van der Waals surface area contributed by atoms with E-state index in [0.29, 0.717) is 19.8 Å². The van der Waals surface area contributed by atoms with Gasteiger partial charge in [-0.25, -0.2) is 0 Å². The van der Waals surface area contributed by atoms with Gasteiger partial charge in [0.25, 0.3) is 0 Å². The fraction of sp³-hybridized carbons (Fsp3) is 0.400. The molecular weight excluding hydrogens is 272 g/mol. The van der Waals surface area contributed by atoms with E-state index in [-0.39, 0.29) is 11.9 Å². The molecule has 1 aliphatic heterocycles. The van der Waals surface area contributed by atoms with Crippen molar-refractivity contribution in [3.05, 3.63) is 35.2 Å². The monoisotopic (exact) mass is 290 g/mol. The van der Waals surface area contributed by atoms with Crippen LogP contribution in [0, 0.1) is 0 Å². The topological polar surface area (TPSA) is 50.4 Å². The van der Waals surface area contributed by atoms with Crippen molar-refractivity contribution in [2.45, 2.75) is 12.5 Å². The van der Waals surface area contributed by atoms with Crippen LogP contribution in [0.3, 0.4) is 0 Å². The zero-order valence-electron chi connectivity index (χ0n) is 11.2. The van der Waals surface area contributed by atoms with E-state index < -0.39 is 0 Å². The summed E-state index contributed by atoms with van der Waals surface area (Å²) < 4.78 is 6.59. The van der Waals surface area contributed by atoms with Crippen molar-refractivity contribution >= 4 is 27.3 Å². The van der Waals surface area contributed by atoms with Gasteiger partial charge in [-0.3, -0.25) is 4.79 Å². The van der Waals surface area contributed by atoms with Gasteiger partial charge in [0.2, 0.25) is 5.91 Å². The molecule has 0 saturated carbocycles. The molecule has 1 amide bonds. The lowest BCUT2D eigenvalue weighted by molar-refractivity contribution is -0.125. The SMILES string of the molecule is O=C(NCCc1csc2ccccc12)C1COCCN1.